The zero-order valence-corrected chi connectivity index (χ0v) is 14.8. The Balaban J connectivity index is 1.59. The summed E-state index contributed by atoms with van der Waals surface area (Å²) < 4.78 is 0. The quantitative estimate of drug-likeness (QED) is 0.877. The monoisotopic (exact) mass is 344 g/mol. The van der Waals surface area contributed by atoms with Crippen molar-refractivity contribution in [3.63, 3.8) is 0 Å². The summed E-state index contributed by atoms with van der Waals surface area (Å²) in [5.74, 6) is 0. The molecule has 0 spiro atoms. The van der Waals surface area contributed by atoms with Crippen LogP contribution in [0.2, 0.25) is 0 Å². The molecule has 1 aromatic carbocycles. The topological polar surface area (TPSA) is 47.6 Å². The Morgan fingerprint density at radius 2 is 1.92 bits per heavy atom. The third kappa shape index (κ3) is 4.56. The molecule has 2 aromatic rings. The maximum atomic E-state index is 12.2. The van der Waals surface area contributed by atoms with Gasteiger partial charge in [-0.1, -0.05) is 18.2 Å². The van der Waals surface area contributed by atoms with Crippen LogP contribution in [0.4, 0.5) is 10.5 Å². The molecule has 0 aliphatic carbocycles. The molecule has 1 saturated heterocycles. The number of likely N-dealkylation sites (N-methyl/N-ethyl adjacent to an activating group) is 1. The average Bonchev–Trinajstić information content (AvgIpc) is 3.12. The van der Waals surface area contributed by atoms with Gasteiger partial charge in [0.05, 0.1) is 6.04 Å². The standard InChI is InChI=1S/C18H24N4OS/c1-21-8-10-22(11-9-21)17(15-7-12-24-14-15)13-19-18(23)20-16-5-3-2-4-6-16/h2-7,12,14,17H,8-11,13H2,1H3,(H2,19,20,23)/t17-/m1/s1. The van der Waals surface area contributed by atoms with Crippen LogP contribution in [0.15, 0.2) is 47.2 Å². The summed E-state index contributed by atoms with van der Waals surface area (Å²) in [6, 6.07) is 11.8. The first-order valence-corrected chi connectivity index (χ1v) is 9.21. The van der Waals surface area contributed by atoms with E-state index < -0.39 is 0 Å². The molecular formula is C18H24N4OS. The Kier molecular flexibility index (Phi) is 5.85. The summed E-state index contributed by atoms with van der Waals surface area (Å²) in [7, 11) is 2.16. The normalized spacial score (nSPS) is 17.4. The largest absolute Gasteiger partial charge is 0.336 e. The van der Waals surface area contributed by atoms with Gasteiger partial charge in [0.1, 0.15) is 0 Å². The summed E-state index contributed by atoms with van der Waals surface area (Å²) >= 11 is 1.70. The van der Waals surface area contributed by atoms with Gasteiger partial charge in [-0.15, -0.1) is 0 Å². The first kappa shape index (κ1) is 17.0. The minimum absolute atomic E-state index is 0.157. The lowest BCUT2D eigenvalue weighted by atomic mass is 10.1. The molecule has 1 aliphatic heterocycles. The Hall–Kier alpha value is -1.89. The van der Waals surface area contributed by atoms with Crippen LogP contribution in [0, 0.1) is 0 Å². The number of rotatable bonds is 5. The van der Waals surface area contributed by atoms with Crippen molar-refractivity contribution >= 4 is 23.1 Å². The van der Waals surface area contributed by atoms with Crippen LogP contribution in [0.3, 0.4) is 0 Å². The van der Waals surface area contributed by atoms with Crippen LogP contribution in [0.1, 0.15) is 11.6 Å². The number of urea groups is 1. The molecule has 128 valence electrons. The Labute approximate surface area is 147 Å². The second-order valence-electron chi connectivity index (χ2n) is 6.11. The third-order valence-electron chi connectivity index (χ3n) is 4.39. The Morgan fingerprint density at radius 1 is 1.17 bits per heavy atom. The van der Waals surface area contributed by atoms with Gasteiger partial charge in [-0.3, -0.25) is 4.90 Å². The van der Waals surface area contributed by atoms with E-state index in [-0.39, 0.29) is 12.1 Å². The molecule has 0 saturated carbocycles. The minimum atomic E-state index is -0.157. The predicted octanol–water partition coefficient (Wildman–Crippen LogP) is 2.86. The van der Waals surface area contributed by atoms with Crippen LogP contribution < -0.4 is 10.6 Å². The molecule has 3 rings (SSSR count). The average molecular weight is 344 g/mol. The van der Waals surface area contributed by atoms with E-state index in [9.17, 15) is 4.79 Å². The maximum absolute atomic E-state index is 12.2. The van der Waals surface area contributed by atoms with Crippen molar-refractivity contribution in [3.05, 3.63) is 52.7 Å². The zero-order valence-electron chi connectivity index (χ0n) is 13.9. The van der Waals surface area contributed by atoms with E-state index in [1.807, 2.05) is 30.3 Å². The molecule has 2 heterocycles. The number of para-hydroxylation sites is 1. The van der Waals surface area contributed by atoms with E-state index >= 15 is 0 Å². The van der Waals surface area contributed by atoms with Gasteiger partial charge in [0, 0.05) is 38.4 Å². The fraction of sp³-hybridized carbons (Fsp3) is 0.389. The van der Waals surface area contributed by atoms with Gasteiger partial charge >= 0.3 is 6.03 Å². The lowest BCUT2D eigenvalue weighted by Gasteiger charge is -2.37. The number of carbonyl (C=O) groups is 1. The number of hydrogen-bond donors (Lipinski definition) is 2. The Bertz CT molecular complexity index is 624. The van der Waals surface area contributed by atoms with Gasteiger partial charge in [-0.2, -0.15) is 11.3 Å². The highest BCUT2D eigenvalue weighted by molar-refractivity contribution is 7.07. The molecule has 24 heavy (non-hydrogen) atoms. The molecular weight excluding hydrogens is 320 g/mol. The molecule has 0 radical (unpaired) electrons. The summed E-state index contributed by atoms with van der Waals surface area (Å²) in [6.07, 6.45) is 0. The molecule has 1 fully saturated rings. The lowest BCUT2D eigenvalue weighted by molar-refractivity contribution is 0.111. The molecule has 1 aromatic heterocycles. The number of anilines is 1. The highest BCUT2D eigenvalue weighted by Crippen LogP contribution is 2.23. The number of nitrogens with one attached hydrogen (secondary N) is 2. The highest BCUT2D eigenvalue weighted by atomic mass is 32.1. The fourth-order valence-corrected chi connectivity index (χ4v) is 3.65. The number of amides is 2. The number of carbonyl (C=O) groups excluding carboxylic acids is 1. The number of nitrogens with zero attached hydrogens (tertiary/aromatic N) is 2. The van der Waals surface area contributed by atoms with Crippen LogP contribution in [-0.4, -0.2) is 55.6 Å². The van der Waals surface area contributed by atoms with Crippen LogP contribution in [-0.2, 0) is 0 Å². The SMILES string of the molecule is CN1CCN([C@H](CNC(=O)Nc2ccccc2)c2ccsc2)CC1. The lowest BCUT2D eigenvalue weighted by Crippen LogP contribution is -2.48. The van der Waals surface area contributed by atoms with E-state index in [1.54, 1.807) is 11.3 Å². The van der Waals surface area contributed by atoms with Gasteiger partial charge < -0.3 is 15.5 Å². The van der Waals surface area contributed by atoms with E-state index in [0.29, 0.717) is 6.54 Å². The fourth-order valence-electron chi connectivity index (χ4n) is 2.94. The van der Waals surface area contributed by atoms with Gasteiger partial charge in [-0.25, -0.2) is 4.79 Å². The van der Waals surface area contributed by atoms with Gasteiger partial charge in [0.2, 0.25) is 0 Å². The van der Waals surface area contributed by atoms with E-state index in [4.69, 9.17) is 0 Å². The molecule has 2 N–H and O–H groups in total. The smallest absolute Gasteiger partial charge is 0.319 e. The minimum Gasteiger partial charge on any atom is -0.336 e. The van der Waals surface area contributed by atoms with Crippen LogP contribution >= 0.6 is 11.3 Å². The van der Waals surface area contributed by atoms with Crippen LogP contribution in [0.25, 0.3) is 0 Å². The van der Waals surface area contributed by atoms with Crippen molar-refractivity contribution in [2.75, 3.05) is 45.1 Å². The number of hydrogen-bond acceptors (Lipinski definition) is 4. The van der Waals surface area contributed by atoms with Crippen LogP contribution in [0.5, 0.6) is 0 Å². The van der Waals surface area contributed by atoms with Gasteiger partial charge in [0.25, 0.3) is 0 Å². The second kappa shape index (κ2) is 8.28. The van der Waals surface area contributed by atoms with Crippen molar-refractivity contribution in [3.8, 4) is 0 Å². The molecule has 5 nitrogen and oxygen atoms in total. The van der Waals surface area contributed by atoms with E-state index in [0.717, 1.165) is 31.9 Å². The number of piperazine rings is 1. The number of benzene rings is 1. The molecule has 0 bridgehead atoms. The second-order valence-corrected chi connectivity index (χ2v) is 6.89. The molecule has 0 unspecified atom stereocenters. The van der Waals surface area contributed by atoms with Crippen molar-refractivity contribution in [1.29, 1.82) is 0 Å². The van der Waals surface area contributed by atoms with Crippen molar-refractivity contribution in [1.82, 2.24) is 15.1 Å². The Morgan fingerprint density at radius 3 is 2.58 bits per heavy atom. The van der Waals surface area contributed by atoms with Crippen molar-refractivity contribution < 1.29 is 4.79 Å². The van der Waals surface area contributed by atoms with Gasteiger partial charge in [0.15, 0.2) is 0 Å². The summed E-state index contributed by atoms with van der Waals surface area (Å²) in [4.78, 5) is 17.0. The van der Waals surface area contributed by atoms with E-state index in [1.165, 1.54) is 5.56 Å². The molecule has 2 amide bonds. The molecule has 1 atom stereocenters. The van der Waals surface area contributed by atoms with Gasteiger partial charge in [-0.05, 0) is 41.6 Å². The summed E-state index contributed by atoms with van der Waals surface area (Å²) in [5, 5.41) is 10.2. The molecule has 6 heteroatoms. The summed E-state index contributed by atoms with van der Waals surface area (Å²) in [6.45, 7) is 4.80. The van der Waals surface area contributed by atoms with E-state index in [2.05, 4.69) is 44.3 Å². The first-order valence-electron chi connectivity index (χ1n) is 8.27. The number of thiophene rings is 1. The molecule has 1 aliphatic rings. The summed E-state index contributed by atoms with van der Waals surface area (Å²) in [5.41, 5.74) is 2.09. The zero-order chi connectivity index (χ0) is 16.8. The maximum Gasteiger partial charge on any atom is 0.319 e. The highest BCUT2D eigenvalue weighted by Gasteiger charge is 2.24. The van der Waals surface area contributed by atoms with Crippen molar-refractivity contribution in [2.24, 2.45) is 0 Å². The van der Waals surface area contributed by atoms with Crippen molar-refractivity contribution in [2.45, 2.75) is 6.04 Å². The predicted molar refractivity (Wildman–Crippen MR) is 99.6 cm³/mol. The first-order chi connectivity index (χ1) is 11.7. The third-order valence-corrected chi connectivity index (χ3v) is 5.10.